The molecule has 0 radical (unpaired) electrons. The van der Waals surface area contributed by atoms with Gasteiger partial charge in [0.05, 0.1) is 17.0 Å². The van der Waals surface area contributed by atoms with Gasteiger partial charge in [-0.15, -0.1) is 11.3 Å². The van der Waals surface area contributed by atoms with Crippen molar-refractivity contribution in [3.63, 3.8) is 0 Å². The van der Waals surface area contributed by atoms with E-state index in [0.717, 1.165) is 117 Å². The summed E-state index contributed by atoms with van der Waals surface area (Å²) in [6.07, 6.45) is 15.1. The Kier molecular flexibility index (Phi) is 9.75. The molecule has 3 heterocycles. The number of nitrogens with zero attached hydrogens (tertiary/aromatic N) is 4. The van der Waals surface area contributed by atoms with Gasteiger partial charge in [0, 0.05) is 37.9 Å². The highest BCUT2D eigenvalue weighted by Crippen LogP contribution is 2.58. The molecule has 0 N–H and O–H groups in total. The van der Waals surface area contributed by atoms with E-state index in [4.69, 9.17) is 14.5 Å². The molecule has 262 valence electrons. The van der Waals surface area contributed by atoms with E-state index in [2.05, 4.69) is 50.0 Å². The Morgan fingerprint density at radius 2 is 1.71 bits per heavy atom. The van der Waals surface area contributed by atoms with Gasteiger partial charge in [-0.05, 0) is 136 Å². The van der Waals surface area contributed by atoms with Gasteiger partial charge in [-0.1, -0.05) is 26.0 Å². The molecule has 49 heavy (non-hydrogen) atoms. The third-order valence-electron chi connectivity index (χ3n) is 12.4. The summed E-state index contributed by atoms with van der Waals surface area (Å²) in [4.78, 5) is 41.7. The van der Waals surface area contributed by atoms with Crippen LogP contribution in [-0.4, -0.2) is 59.7 Å². The van der Waals surface area contributed by atoms with Gasteiger partial charge in [0.1, 0.15) is 17.7 Å². The van der Waals surface area contributed by atoms with Crippen molar-refractivity contribution in [3.8, 4) is 16.2 Å². The number of aryl methyl sites for hydroxylation is 2. The predicted molar refractivity (Wildman–Crippen MR) is 194 cm³/mol. The number of carbonyl (C=O) groups is 2. The monoisotopic (exact) mass is 684 g/mol. The highest BCUT2D eigenvalue weighted by molar-refractivity contribution is 7.15. The quantitative estimate of drug-likeness (QED) is 0.212. The number of carbonyl (C=O) groups excluding carboxylic acids is 2. The third kappa shape index (κ3) is 6.84. The molecule has 1 saturated heterocycles. The molecular formula is C40H52N4O4S. The van der Waals surface area contributed by atoms with Crippen molar-refractivity contribution in [2.45, 2.75) is 109 Å². The molecule has 2 aromatic heterocycles. The smallest absolute Gasteiger partial charge is 0.410 e. The fourth-order valence-electron chi connectivity index (χ4n) is 8.92. The first kappa shape index (κ1) is 34.0. The maximum Gasteiger partial charge on any atom is 0.410 e. The molecule has 0 spiro atoms. The summed E-state index contributed by atoms with van der Waals surface area (Å²) in [7, 11) is 1.74. The first-order chi connectivity index (χ1) is 23.7. The zero-order valence-electron chi connectivity index (χ0n) is 29.7. The molecule has 2 amide bonds. The minimum atomic E-state index is -0.189. The van der Waals surface area contributed by atoms with Crippen LogP contribution in [0.15, 0.2) is 42.7 Å². The van der Waals surface area contributed by atoms with Crippen molar-refractivity contribution < 1.29 is 19.1 Å². The van der Waals surface area contributed by atoms with Gasteiger partial charge in [-0.25, -0.2) is 14.8 Å². The Bertz CT molecular complexity index is 1630. The van der Waals surface area contributed by atoms with Crippen LogP contribution in [0.5, 0.6) is 5.75 Å². The lowest BCUT2D eigenvalue weighted by Crippen LogP contribution is -2.52. The summed E-state index contributed by atoms with van der Waals surface area (Å²) >= 11 is 1.71. The van der Waals surface area contributed by atoms with Gasteiger partial charge in [0.25, 0.3) is 0 Å². The second-order valence-corrected chi connectivity index (χ2v) is 16.4. The lowest BCUT2D eigenvalue weighted by atomic mass is 9.51. The molecule has 4 aliphatic carbocycles. The second-order valence-electron chi connectivity index (χ2n) is 15.3. The van der Waals surface area contributed by atoms with E-state index in [1.807, 2.05) is 28.3 Å². The van der Waals surface area contributed by atoms with Gasteiger partial charge in [-0.3, -0.25) is 9.69 Å². The average molecular weight is 685 g/mol. The number of likely N-dealkylation sites (tertiary alicyclic amines) is 1. The summed E-state index contributed by atoms with van der Waals surface area (Å²) in [6.45, 7) is 8.73. The molecule has 5 aliphatic rings. The van der Waals surface area contributed by atoms with Crippen LogP contribution in [0.1, 0.15) is 101 Å². The zero-order valence-corrected chi connectivity index (χ0v) is 30.5. The van der Waals surface area contributed by atoms with Gasteiger partial charge in [-0.2, -0.15) is 0 Å². The zero-order chi connectivity index (χ0) is 34.2. The molecule has 5 fully saturated rings. The van der Waals surface area contributed by atoms with E-state index < -0.39 is 0 Å². The summed E-state index contributed by atoms with van der Waals surface area (Å²) < 4.78 is 11.5. The van der Waals surface area contributed by atoms with E-state index in [0.29, 0.717) is 12.5 Å². The average Bonchev–Trinajstić information content (AvgIpc) is 3.61. The standard InChI is InChI=1S/C40H52N4O4S/c1-5-28-24-43(25-28)38(46)48-32-10-7-29(8-11-32)37(45)44(35-22-30(13-20-41-35)34-23-42-36(6-2)49-34)26-39-14-17-40(18-15-39,19-16-39)31-9-12-33(47-4)27(3)21-31/h9,12-13,20-23,28-29,32H,5-8,10-11,14-19,24-26H2,1-4H3. The van der Waals surface area contributed by atoms with Gasteiger partial charge in [0.2, 0.25) is 5.91 Å². The van der Waals surface area contributed by atoms with Crippen molar-refractivity contribution in [1.82, 2.24) is 14.9 Å². The lowest BCUT2D eigenvalue weighted by molar-refractivity contribution is -0.124. The fraction of sp³-hybridized carbons (Fsp3) is 0.600. The van der Waals surface area contributed by atoms with Crippen LogP contribution < -0.4 is 9.64 Å². The number of ether oxygens (including phenoxy) is 2. The molecule has 1 aromatic carbocycles. The Hall–Kier alpha value is -3.46. The number of hydrogen-bond donors (Lipinski definition) is 0. The van der Waals surface area contributed by atoms with Crippen LogP contribution in [0, 0.1) is 24.2 Å². The number of hydrogen-bond acceptors (Lipinski definition) is 7. The van der Waals surface area contributed by atoms with Crippen molar-refractivity contribution in [1.29, 1.82) is 0 Å². The number of aromatic nitrogens is 2. The number of pyridine rings is 1. The third-order valence-corrected chi connectivity index (χ3v) is 13.6. The van der Waals surface area contributed by atoms with Gasteiger partial charge in [0.15, 0.2) is 0 Å². The van der Waals surface area contributed by atoms with Gasteiger partial charge >= 0.3 is 6.09 Å². The minimum absolute atomic E-state index is 0.0801. The van der Waals surface area contributed by atoms with Crippen LogP contribution in [0.2, 0.25) is 0 Å². The normalized spacial score (nSPS) is 26.7. The first-order valence-electron chi connectivity index (χ1n) is 18.6. The molecule has 2 bridgehead atoms. The van der Waals surface area contributed by atoms with E-state index in [1.165, 1.54) is 11.1 Å². The molecule has 9 heteroatoms. The SMILES string of the molecule is CCc1ncc(-c2ccnc(N(CC34CCC(c5ccc(OC)c(C)c5)(CC3)CC4)C(=O)C3CCC(OC(=O)N4CC(CC)C4)CC3)c2)s1. The van der Waals surface area contributed by atoms with E-state index in [-0.39, 0.29) is 34.9 Å². The largest absolute Gasteiger partial charge is 0.496 e. The van der Waals surface area contributed by atoms with Crippen LogP contribution in [0.4, 0.5) is 10.6 Å². The van der Waals surface area contributed by atoms with Crippen LogP contribution in [0.3, 0.4) is 0 Å². The van der Waals surface area contributed by atoms with E-state index in [9.17, 15) is 9.59 Å². The number of thiazole rings is 1. The second kappa shape index (κ2) is 14.0. The maximum absolute atomic E-state index is 14.6. The Labute approximate surface area is 295 Å². The minimum Gasteiger partial charge on any atom is -0.496 e. The highest BCUT2D eigenvalue weighted by Gasteiger charge is 2.51. The number of benzene rings is 1. The van der Waals surface area contributed by atoms with Crippen molar-refractivity contribution in [2.75, 3.05) is 31.6 Å². The fourth-order valence-corrected chi connectivity index (χ4v) is 9.77. The number of fused-ring (bicyclic) bond motifs is 3. The summed E-state index contributed by atoms with van der Waals surface area (Å²) in [5.41, 5.74) is 3.98. The van der Waals surface area contributed by atoms with E-state index >= 15 is 0 Å². The van der Waals surface area contributed by atoms with Crippen LogP contribution >= 0.6 is 11.3 Å². The van der Waals surface area contributed by atoms with Gasteiger partial charge < -0.3 is 14.4 Å². The van der Waals surface area contributed by atoms with Crippen LogP contribution in [-0.2, 0) is 21.4 Å². The highest BCUT2D eigenvalue weighted by atomic mass is 32.1. The molecule has 0 atom stereocenters. The molecule has 3 aromatic rings. The topological polar surface area (TPSA) is 84.9 Å². The maximum atomic E-state index is 14.6. The Morgan fingerprint density at radius 3 is 2.35 bits per heavy atom. The number of amides is 2. The van der Waals surface area contributed by atoms with Crippen molar-refractivity contribution >= 4 is 29.2 Å². The molecule has 8 nitrogen and oxygen atoms in total. The summed E-state index contributed by atoms with van der Waals surface area (Å²) in [5.74, 6) is 2.36. The van der Waals surface area contributed by atoms with Crippen molar-refractivity contribution in [3.05, 3.63) is 58.9 Å². The summed E-state index contributed by atoms with van der Waals surface area (Å²) in [5, 5.41) is 1.11. The molecule has 4 saturated carbocycles. The molecule has 8 rings (SSSR count). The number of rotatable bonds is 10. The number of anilines is 1. The molecule has 0 unspecified atom stereocenters. The predicted octanol–water partition coefficient (Wildman–Crippen LogP) is 8.75. The Morgan fingerprint density at radius 1 is 0.980 bits per heavy atom. The van der Waals surface area contributed by atoms with Crippen molar-refractivity contribution in [2.24, 2.45) is 17.3 Å². The molecular weight excluding hydrogens is 633 g/mol. The number of methoxy groups -OCH3 is 1. The summed E-state index contributed by atoms with van der Waals surface area (Å²) in [6, 6.07) is 10.9. The van der Waals surface area contributed by atoms with E-state index in [1.54, 1.807) is 18.4 Å². The first-order valence-corrected chi connectivity index (χ1v) is 19.4. The lowest BCUT2D eigenvalue weighted by Gasteiger charge is -2.55. The molecule has 1 aliphatic heterocycles. The van der Waals surface area contributed by atoms with Crippen LogP contribution in [0.25, 0.3) is 10.4 Å². The Balaban J connectivity index is 1.08.